The van der Waals surface area contributed by atoms with Crippen molar-refractivity contribution >= 4 is 11.9 Å². The summed E-state index contributed by atoms with van der Waals surface area (Å²) < 4.78 is 26.2. The molecule has 3 heteroatoms. The highest BCUT2D eigenvalue weighted by Gasteiger charge is 2.06. The number of hydrogen-bond donors (Lipinski definition) is 0. The molecule has 0 aliphatic rings. The average Bonchev–Trinajstić information content (AvgIpc) is 2.11. The Balaban J connectivity index is 3.20. The first-order valence-corrected chi connectivity index (χ1v) is 4.15. The van der Waals surface area contributed by atoms with E-state index in [4.69, 9.17) is 0 Å². The molecule has 74 valence electrons. The van der Waals surface area contributed by atoms with Crippen LogP contribution in [0.15, 0.2) is 23.8 Å². The minimum Gasteiger partial charge on any atom is -0.295 e. The SMILES string of the molecule is CC(=O)/C(C)=C/c1c(F)cccc1F. The van der Waals surface area contributed by atoms with Gasteiger partial charge in [0.05, 0.1) is 0 Å². The minimum absolute atomic E-state index is 0.166. The highest BCUT2D eigenvalue weighted by atomic mass is 19.1. The summed E-state index contributed by atoms with van der Waals surface area (Å²) in [6.45, 7) is 2.87. The van der Waals surface area contributed by atoms with E-state index >= 15 is 0 Å². The predicted octanol–water partition coefficient (Wildman–Crippen LogP) is 2.96. The summed E-state index contributed by atoms with van der Waals surface area (Å²) in [5, 5.41) is 0. The molecule has 0 amide bonds. The monoisotopic (exact) mass is 196 g/mol. The second-order valence-corrected chi connectivity index (χ2v) is 3.02. The normalized spacial score (nSPS) is 11.6. The Hall–Kier alpha value is -1.51. The van der Waals surface area contributed by atoms with Gasteiger partial charge in [-0.25, -0.2) is 8.78 Å². The zero-order valence-corrected chi connectivity index (χ0v) is 7.97. The van der Waals surface area contributed by atoms with Crippen LogP contribution in [-0.2, 0) is 4.79 Å². The van der Waals surface area contributed by atoms with Crippen LogP contribution >= 0.6 is 0 Å². The van der Waals surface area contributed by atoms with Crippen LogP contribution < -0.4 is 0 Å². The average molecular weight is 196 g/mol. The van der Waals surface area contributed by atoms with Crippen LogP contribution in [0.2, 0.25) is 0 Å². The van der Waals surface area contributed by atoms with Crippen molar-refractivity contribution in [2.75, 3.05) is 0 Å². The van der Waals surface area contributed by atoms with Gasteiger partial charge in [-0.15, -0.1) is 0 Å². The molecule has 0 radical (unpaired) electrons. The summed E-state index contributed by atoms with van der Waals surface area (Å²) in [5.41, 5.74) is 0.161. The van der Waals surface area contributed by atoms with E-state index in [1.807, 2.05) is 0 Å². The summed E-state index contributed by atoms with van der Waals surface area (Å²) >= 11 is 0. The van der Waals surface area contributed by atoms with Gasteiger partial charge in [0.1, 0.15) is 11.6 Å². The van der Waals surface area contributed by atoms with Gasteiger partial charge in [-0.3, -0.25) is 4.79 Å². The molecule has 0 saturated heterocycles. The van der Waals surface area contributed by atoms with Gasteiger partial charge < -0.3 is 0 Å². The van der Waals surface area contributed by atoms with E-state index in [1.54, 1.807) is 0 Å². The van der Waals surface area contributed by atoms with Crippen molar-refractivity contribution in [3.63, 3.8) is 0 Å². The predicted molar refractivity (Wildman–Crippen MR) is 50.7 cm³/mol. The van der Waals surface area contributed by atoms with Gasteiger partial charge in [0.15, 0.2) is 5.78 Å². The summed E-state index contributed by atoms with van der Waals surface area (Å²) in [6, 6.07) is 3.59. The lowest BCUT2D eigenvalue weighted by atomic mass is 10.1. The highest BCUT2D eigenvalue weighted by molar-refractivity contribution is 5.97. The van der Waals surface area contributed by atoms with Crippen molar-refractivity contribution in [1.29, 1.82) is 0 Å². The third-order valence-electron chi connectivity index (χ3n) is 1.92. The van der Waals surface area contributed by atoms with E-state index in [9.17, 15) is 13.6 Å². The largest absolute Gasteiger partial charge is 0.295 e. The zero-order chi connectivity index (χ0) is 10.7. The number of halogens is 2. The number of allylic oxidation sites excluding steroid dienone is 1. The minimum atomic E-state index is -0.661. The van der Waals surface area contributed by atoms with Crippen LogP contribution in [-0.4, -0.2) is 5.78 Å². The molecule has 0 saturated carbocycles. The smallest absolute Gasteiger partial charge is 0.155 e. The molecule has 0 aromatic heterocycles. The van der Waals surface area contributed by atoms with Gasteiger partial charge in [0.2, 0.25) is 0 Å². The van der Waals surface area contributed by atoms with Crippen molar-refractivity contribution in [2.45, 2.75) is 13.8 Å². The lowest BCUT2D eigenvalue weighted by molar-refractivity contribution is -0.113. The Labute approximate surface area is 81.1 Å². The van der Waals surface area contributed by atoms with E-state index in [2.05, 4.69) is 0 Å². The van der Waals surface area contributed by atoms with Crippen molar-refractivity contribution < 1.29 is 13.6 Å². The third-order valence-corrected chi connectivity index (χ3v) is 1.92. The van der Waals surface area contributed by atoms with Gasteiger partial charge >= 0.3 is 0 Å². The lowest BCUT2D eigenvalue weighted by Crippen LogP contribution is -1.94. The quantitative estimate of drug-likeness (QED) is 0.664. The van der Waals surface area contributed by atoms with Gasteiger partial charge in [0.25, 0.3) is 0 Å². The fraction of sp³-hybridized carbons (Fsp3) is 0.182. The number of carbonyl (C=O) groups is 1. The molecule has 14 heavy (non-hydrogen) atoms. The lowest BCUT2D eigenvalue weighted by Gasteiger charge is -2.00. The van der Waals surface area contributed by atoms with Crippen molar-refractivity contribution in [3.8, 4) is 0 Å². The van der Waals surface area contributed by atoms with Crippen molar-refractivity contribution in [1.82, 2.24) is 0 Å². The molecule has 0 N–H and O–H groups in total. The summed E-state index contributed by atoms with van der Waals surface area (Å²) in [7, 11) is 0. The molecule has 0 aliphatic heterocycles. The number of carbonyl (C=O) groups excluding carboxylic acids is 1. The Morgan fingerprint density at radius 1 is 1.21 bits per heavy atom. The molecule has 0 spiro atoms. The van der Waals surface area contributed by atoms with Crippen LogP contribution in [0.1, 0.15) is 19.4 Å². The Morgan fingerprint density at radius 2 is 1.71 bits per heavy atom. The second-order valence-electron chi connectivity index (χ2n) is 3.02. The number of hydrogen-bond acceptors (Lipinski definition) is 1. The van der Waals surface area contributed by atoms with E-state index in [0.29, 0.717) is 5.57 Å². The Kier molecular flexibility index (Phi) is 3.12. The maximum atomic E-state index is 13.1. The Bertz CT molecular complexity index is 374. The molecule has 0 atom stereocenters. The van der Waals surface area contributed by atoms with Crippen LogP contribution in [0, 0.1) is 11.6 Å². The molecule has 1 aromatic rings. The molecule has 0 heterocycles. The first-order chi connectivity index (χ1) is 6.52. The van der Waals surface area contributed by atoms with Gasteiger partial charge in [-0.2, -0.15) is 0 Å². The molecule has 1 rings (SSSR count). The molecule has 0 bridgehead atoms. The first-order valence-electron chi connectivity index (χ1n) is 4.15. The summed E-state index contributed by atoms with van der Waals surface area (Å²) in [5.74, 6) is -1.52. The van der Waals surface area contributed by atoms with Gasteiger partial charge in [-0.1, -0.05) is 6.07 Å². The molecule has 0 unspecified atom stereocenters. The van der Waals surface area contributed by atoms with Crippen LogP contribution in [0.4, 0.5) is 8.78 Å². The third kappa shape index (κ3) is 2.25. The van der Waals surface area contributed by atoms with E-state index in [1.165, 1.54) is 26.0 Å². The number of ketones is 1. The molecule has 1 nitrogen and oxygen atoms in total. The summed E-state index contributed by atoms with van der Waals surface area (Å²) in [6.07, 6.45) is 1.22. The number of Topliss-reactive ketones (excluding diaryl/α,β-unsaturated/α-hetero) is 1. The second kappa shape index (κ2) is 4.13. The van der Waals surface area contributed by atoms with Crippen LogP contribution in [0.5, 0.6) is 0 Å². The molecule has 1 aromatic carbocycles. The topological polar surface area (TPSA) is 17.1 Å². The van der Waals surface area contributed by atoms with E-state index in [-0.39, 0.29) is 11.3 Å². The van der Waals surface area contributed by atoms with E-state index in [0.717, 1.165) is 12.1 Å². The first kappa shape index (κ1) is 10.6. The molecular weight excluding hydrogens is 186 g/mol. The summed E-state index contributed by atoms with van der Waals surface area (Å²) in [4.78, 5) is 10.9. The fourth-order valence-corrected chi connectivity index (χ4v) is 0.967. The van der Waals surface area contributed by atoms with Crippen molar-refractivity contribution in [3.05, 3.63) is 41.0 Å². The highest BCUT2D eigenvalue weighted by Crippen LogP contribution is 2.15. The van der Waals surface area contributed by atoms with Gasteiger partial charge in [-0.05, 0) is 37.6 Å². The Morgan fingerprint density at radius 3 is 2.14 bits per heavy atom. The van der Waals surface area contributed by atoms with Crippen LogP contribution in [0.3, 0.4) is 0 Å². The maximum Gasteiger partial charge on any atom is 0.155 e. The molecule has 0 aliphatic carbocycles. The van der Waals surface area contributed by atoms with Crippen LogP contribution in [0.25, 0.3) is 6.08 Å². The zero-order valence-electron chi connectivity index (χ0n) is 7.97. The maximum absolute atomic E-state index is 13.1. The fourth-order valence-electron chi connectivity index (χ4n) is 0.967. The van der Waals surface area contributed by atoms with Crippen molar-refractivity contribution in [2.24, 2.45) is 0 Å². The standard InChI is InChI=1S/C11H10F2O/c1-7(8(2)14)6-9-10(12)4-3-5-11(9)13/h3-6H,1-2H3/b7-6+. The van der Waals surface area contributed by atoms with Gasteiger partial charge in [0, 0.05) is 5.56 Å². The molecular formula is C11H10F2O. The molecule has 0 fully saturated rings. The number of benzene rings is 1. The number of rotatable bonds is 2. The van der Waals surface area contributed by atoms with E-state index < -0.39 is 11.6 Å².